The van der Waals surface area contributed by atoms with E-state index in [1.165, 1.54) is 5.56 Å². The summed E-state index contributed by atoms with van der Waals surface area (Å²) in [5, 5.41) is 0.737. The summed E-state index contributed by atoms with van der Waals surface area (Å²) in [5.41, 5.74) is 1.18. The Labute approximate surface area is 114 Å². The summed E-state index contributed by atoms with van der Waals surface area (Å²) < 4.78 is 4.99. The minimum absolute atomic E-state index is 0.109. The summed E-state index contributed by atoms with van der Waals surface area (Å²) in [5.74, 6) is -0.247. The van der Waals surface area contributed by atoms with Crippen molar-refractivity contribution in [2.24, 2.45) is 5.92 Å². The van der Waals surface area contributed by atoms with Crippen LogP contribution in [0.25, 0.3) is 0 Å². The molecule has 0 saturated carbocycles. The third-order valence-electron chi connectivity index (χ3n) is 2.64. The topological polar surface area (TPSA) is 29.5 Å². The Hall–Kier alpha value is -1.06. The van der Waals surface area contributed by atoms with Crippen molar-refractivity contribution in [2.45, 2.75) is 20.4 Å². The summed E-state index contributed by atoms with van der Waals surface area (Å²) >= 11 is 5.83. The molecule has 0 fully saturated rings. The molecule has 0 radical (unpaired) electrons. The molecule has 0 saturated heterocycles. The van der Waals surface area contributed by atoms with Crippen LogP contribution in [-0.4, -0.2) is 31.1 Å². The van der Waals surface area contributed by atoms with E-state index < -0.39 is 0 Å². The highest BCUT2D eigenvalue weighted by molar-refractivity contribution is 6.30. The van der Waals surface area contributed by atoms with Crippen LogP contribution in [0.5, 0.6) is 0 Å². The van der Waals surface area contributed by atoms with Crippen LogP contribution in [0, 0.1) is 5.92 Å². The van der Waals surface area contributed by atoms with E-state index in [4.69, 9.17) is 16.3 Å². The first-order chi connectivity index (χ1) is 8.52. The quantitative estimate of drug-likeness (QED) is 0.744. The first kappa shape index (κ1) is 15.0. The molecule has 0 aliphatic rings. The summed E-state index contributed by atoms with van der Waals surface area (Å²) in [4.78, 5) is 13.6. The zero-order chi connectivity index (χ0) is 13.5. The van der Waals surface area contributed by atoms with Gasteiger partial charge in [0.1, 0.15) is 0 Å². The molecule has 0 spiro atoms. The van der Waals surface area contributed by atoms with Gasteiger partial charge in [-0.2, -0.15) is 0 Å². The molecule has 1 aromatic rings. The van der Waals surface area contributed by atoms with Crippen LogP contribution in [0.3, 0.4) is 0 Å². The van der Waals surface area contributed by atoms with E-state index in [9.17, 15) is 4.79 Å². The second kappa shape index (κ2) is 7.39. The molecule has 0 amide bonds. The lowest BCUT2D eigenvalue weighted by Crippen LogP contribution is -2.29. The maximum absolute atomic E-state index is 11.5. The number of ether oxygens (including phenoxy) is 1. The average Bonchev–Trinajstić information content (AvgIpc) is 2.32. The van der Waals surface area contributed by atoms with Crippen LogP contribution >= 0.6 is 11.6 Å². The third kappa shape index (κ3) is 5.07. The van der Waals surface area contributed by atoms with E-state index in [0.29, 0.717) is 13.2 Å². The van der Waals surface area contributed by atoms with Crippen molar-refractivity contribution in [3.8, 4) is 0 Å². The summed E-state index contributed by atoms with van der Waals surface area (Å²) in [6.45, 7) is 5.62. The van der Waals surface area contributed by atoms with Crippen molar-refractivity contribution in [1.29, 1.82) is 0 Å². The van der Waals surface area contributed by atoms with Gasteiger partial charge in [0.05, 0.1) is 12.5 Å². The maximum atomic E-state index is 11.5. The van der Waals surface area contributed by atoms with Crippen molar-refractivity contribution in [2.75, 3.05) is 20.2 Å². The molecule has 0 aliphatic heterocycles. The highest BCUT2D eigenvalue weighted by Gasteiger charge is 2.16. The second-order valence-electron chi connectivity index (χ2n) is 4.48. The maximum Gasteiger partial charge on any atom is 0.309 e. The van der Waals surface area contributed by atoms with Gasteiger partial charge in [-0.05, 0) is 31.7 Å². The SMILES string of the molecule is CCOC(=O)C(C)CN(C)Cc1ccc(Cl)cc1. The monoisotopic (exact) mass is 269 g/mol. The molecule has 0 heterocycles. The first-order valence-electron chi connectivity index (χ1n) is 6.12. The predicted molar refractivity (Wildman–Crippen MR) is 73.6 cm³/mol. The zero-order valence-corrected chi connectivity index (χ0v) is 11.9. The standard InChI is InChI=1S/C14H20ClNO2/c1-4-18-14(17)11(2)9-16(3)10-12-5-7-13(15)8-6-12/h5-8,11H,4,9-10H2,1-3H3. The van der Waals surface area contributed by atoms with Crippen molar-refractivity contribution < 1.29 is 9.53 Å². The molecule has 1 aromatic carbocycles. The molecule has 1 unspecified atom stereocenters. The van der Waals surface area contributed by atoms with E-state index in [1.54, 1.807) is 0 Å². The van der Waals surface area contributed by atoms with Crippen LogP contribution < -0.4 is 0 Å². The highest BCUT2D eigenvalue weighted by atomic mass is 35.5. The van der Waals surface area contributed by atoms with Gasteiger partial charge in [-0.3, -0.25) is 4.79 Å². The number of hydrogen-bond acceptors (Lipinski definition) is 3. The Morgan fingerprint density at radius 3 is 2.56 bits per heavy atom. The number of esters is 1. The zero-order valence-electron chi connectivity index (χ0n) is 11.1. The van der Waals surface area contributed by atoms with Crippen LogP contribution in [-0.2, 0) is 16.1 Å². The molecule has 0 bridgehead atoms. The van der Waals surface area contributed by atoms with Crippen molar-refractivity contribution in [1.82, 2.24) is 4.90 Å². The van der Waals surface area contributed by atoms with Gasteiger partial charge in [0.2, 0.25) is 0 Å². The number of carbonyl (C=O) groups is 1. The third-order valence-corrected chi connectivity index (χ3v) is 2.89. The van der Waals surface area contributed by atoms with Crippen molar-refractivity contribution in [3.63, 3.8) is 0 Å². The number of benzene rings is 1. The fourth-order valence-electron chi connectivity index (χ4n) is 1.79. The fraction of sp³-hybridized carbons (Fsp3) is 0.500. The van der Waals surface area contributed by atoms with Gasteiger partial charge in [0.25, 0.3) is 0 Å². The fourth-order valence-corrected chi connectivity index (χ4v) is 1.92. The van der Waals surface area contributed by atoms with Gasteiger partial charge in [-0.25, -0.2) is 0 Å². The van der Waals surface area contributed by atoms with Gasteiger partial charge < -0.3 is 9.64 Å². The van der Waals surface area contributed by atoms with E-state index in [0.717, 1.165) is 11.6 Å². The summed E-state index contributed by atoms with van der Waals surface area (Å²) in [7, 11) is 1.99. The summed E-state index contributed by atoms with van der Waals surface area (Å²) in [6.07, 6.45) is 0. The smallest absolute Gasteiger partial charge is 0.309 e. The van der Waals surface area contributed by atoms with E-state index in [-0.39, 0.29) is 11.9 Å². The number of carbonyl (C=O) groups excluding carboxylic acids is 1. The molecule has 0 aromatic heterocycles. The molecular weight excluding hydrogens is 250 g/mol. The minimum atomic E-state index is -0.138. The Bertz CT molecular complexity index is 378. The first-order valence-corrected chi connectivity index (χ1v) is 6.50. The van der Waals surface area contributed by atoms with Crippen LogP contribution in [0.4, 0.5) is 0 Å². The molecule has 18 heavy (non-hydrogen) atoms. The Balaban J connectivity index is 2.43. The number of hydrogen-bond donors (Lipinski definition) is 0. The molecule has 1 rings (SSSR count). The van der Waals surface area contributed by atoms with Crippen molar-refractivity contribution in [3.05, 3.63) is 34.9 Å². The van der Waals surface area contributed by atoms with E-state index >= 15 is 0 Å². The molecule has 0 aliphatic carbocycles. The van der Waals surface area contributed by atoms with Crippen molar-refractivity contribution >= 4 is 17.6 Å². The van der Waals surface area contributed by atoms with Crippen LogP contribution in [0.1, 0.15) is 19.4 Å². The van der Waals surface area contributed by atoms with E-state index in [1.807, 2.05) is 45.2 Å². The molecule has 1 atom stereocenters. The van der Waals surface area contributed by atoms with Gasteiger partial charge in [-0.15, -0.1) is 0 Å². The Morgan fingerprint density at radius 1 is 1.39 bits per heavy atom. The molecule has 3 nitrogen and oxygen atoms in total. The van der Waals surface area contributed by atoms with Gasteiger partial charge >= 0.3 is 5.97 Å². The van der Waals surface area contributed by atoms with Crippen LogP contribution in [0.15, 0.2) is 24.3 Å². The Morgan fingerprint density at radius 2 is 2.00 bits per heavy atom. The lowest BCUT2D eigenvalue weighted by Gasteiger charge is -2.20. The summed E-state index contributed by atoms with van der Waals surface area (Å²) in [6, 6.07) is 7.74. The van der Waals surface area contributed by atoms with Gasteiger partial charge in [0.15, 0.2) is 0 Å². The second-order valence-corrected chi connectivity index (χ2v) is 4.91. The molecule has 100 valence electrons. The predicted octanol–water partition coefficient (Wildman–Crippen LogP) is 2.97. The lowest BCUT2D eigenvalue weighted by atomic mass is 10.1. The number of nitrogens with zero attached hydrogens (tertiary/aromatic N) is 1. The molecular formula is C14H20ClNO2. The normalized spacial score (nSPS) is 12.5. The minimum Gasteiger partial charge on any atom is -0.466 e. The van der Waals surface area contributed by atoms with Crippen LogP contribution in [0.2, 0.25) is 5.02 Å². The molecule has 4 heteroatoms. The van der Waals surface area contributed by atoms with Gasteiger partial charge in [0, 0.05) is 18.1 Å². The van der Waals surface area contributed by atoms with E-state index in [2.05, 4.69) is 4.90 Å². The average molecular weight is 270 g/mol. The number of rotatable bonds is 6. The van der Waals surface area contributed by atoms with Gasteiger partial charge in [-0.1, -0.05) is 30.7 Å². The number of halogens is 1. The lowest BCUT2D eigenvalue weighted by molar-refractivity contribution is -0.147. The molecule has 0 N–H and O–H groups in total. The largest absolute Gasteiger partial charge is 0.466 e. The Kier molecular flexibility index (Phi) is 6.16. The highest BCUT2D eigenvalue weighted by Crippen LogP contribution is 2.12.